The summed E-state index contributed by atoms with van der Waals surface area (Å²) >= 11 is 0. The first-order valence-electron chi connectivity index (χ1n) is 5.89. The minimum atomic E-state index is -0.806. The van der Waals surface area contributed by atoms with Crippen molar-refractivity contribution in [1.82, 2.24) is 10.2 Å². The van der Waals surface area contributed by atoms with E-state index in [2.05, 4.69) is 5.32 Å². The summed E-state index contributed by atoms with van der Waals surface area (Å²) in [6.07, 6.45) is 0.138. The Kier molecular flexibility index (Phi) is 5.21. The lowest BCUT2D eigenvalue weighted by Gasteiger charge is -2.38. The Bertz CT molecular complexity index is 277. The molecule has 0 aromatic carbocycles. The molecule has 0 aromatic heterocycles. The van der Waals surface area contributed by atoms with E-state index in [-0.39, 0.29) is 24.5 Å². The SMILES string of the molecule is CCOC(C)CNC(=O)N1CC(CC(=O)O)C1. The van der Waals surface area contributed by atoms with Gasteiger partial charge >= 0.3 is 12.0 Å². The molecule has 1 saturated heterocycles. The fraction of sp³-hybridized carbons (Fsp3) is 0.818. The largest absolute Gasteiger partial charge is 0.481 e. The standard InChI is InChI=1S/C11H20N2O4/c1-3-17-8(2)5-12-11(16)13-6-9(7-13)4-10(14)15/h8-9H,3-7H2,1-2H3,(H,12,16)(H,14,15). The quantitative estimate of drug-likeness (QED) is 0.714. The van der Waals surface area contributed by atoms with Crippen molar-refractivity contribution in [2.45, 2.75) is 26.4 Å². The number of ether oxygens (including phenoxy) is 1. The maximum absolute atomic E-state index is 11.6. The molecule has 0 aliphatic carbocycles. The Morgan fingerprint density at radius 3 is 2.71 bits per heavy atom. The monoisotopic (exact) mass is 244 g/mol. The molecule has 1 rings (SSSR count). The third-order valence-corrected chi connectivity index (χ3v) is 2.70. The zero-order valence-electron chi connectivity index (χ0n) is 10.3. The average Bonchev–Trinajstić information content (AvgIpc) is 2.19. The van der Waals surface area contributed by atoms with Crippen molar-refractivity contribution in [3.05, 3.63) is 0 Å². The van der Waals surface area contributed by atoms with Gasteiger partial charge in [0.1, 0.15) is 0 Å². The predicted octanol–water partition coefficient (Wildman–Crippen LogP) is 0.527. The van der Waals surface area contributed by atoms with E-state index in [0.29, 0.717) is 26.2 Å². The molecule has 0 bridgehead atoms. The van der Waals surface area contributed by atoms with Crippen molar-refractivity contribution < 1.29 is 19.4 Å². The first-order chi connectivity index (χ1) is 8.02. The van der Waals surface area contributed by atoms with Gasteiger partial charge in [-0.05, 0) is 13.8 Å². The summed E-state index contributed by atoms with van der Waals surface area (Å²) < 4.78 is 5.29. The van der Waals surface area contributed by atoms with Gasteiger partial charge in [0.25, 0.3) is 0 Å². The van der Waals surface area contributed by atoms with Gasteiger partial charge in [0.15, 0.2) is 0 Å². The van der Waals surface area contributed by atoms with Gasteiger partial charge in [0.05, 0.1) is 12.5 Å². The molecule has 1 heterocycles. The number of carbonyl (C=O) groups excluding carboxylic acids is 1. The van der Waals surface area contributed by atoms with E-state index in [1.54, 1.807) is 4.90 Å². The Labute approximate surface area is 101 Å². The van der Waals surface area contributed by atoms with E-state index in [9.17, 15) is 9.59 Å². The molecule has 1 aliphatic rings. The highest BCUT2D eigenvalue weighted by Gasteiger charge is 2.31. The van der Waals surface area contributed by atoms with Crippen LogP contribution in [-0.2, 0) is 9.53 Å². The summed E-state index contributed by atoms with van der Waals surface area (Å²) in [4.78, 5) is 23.6. The fourth-order valence-corrected chi connectivity index (χ4v) is 1.80. The second-order valence-electron chi connectivity index (χ2n) is 4.32. The molecule has 0 aromatic rings. The van der Waals surface area contributed by atoms with E-state index < -0.39 is 5.97 Å². The molecule has 1 fully saturated rings. The number of amides is 2. The van der Waals surface area contributed by atoms with Crippen LogP contribution in [0.15, 0.2) is 0 Å². The number of rotatable bonds is 6. The summed E-state index contributed by atoms with van der Waals surface area (Å²) in [5.41, 5.74) is 0. The van der Waals surface area contributed by atoms with Gasteiger partial charge in [0.2, 0.25) is 0 Å². The van der Waals surface area contributed by atoms with Gasteiger partial charge in [-0.2, -0.15) is 0 Å². The lowest BCUT2D eigenvalue weighted by atomic mass is 9.97. The van der Waals surface area contributed by atoms with Gasteiger partial charge in [0, 0.05) is 32.2 Å². The van der Waals surface area contributed by atoms with Gasteiger partial charge in [-0.3, -0.25) is 4.79 Å². The van der Waals surface area contributed by atoms with Crippen molar-refractivity contribution in [1.29, 1.82) is 0 Å². The van der Waals surface area contributed by atoms with Crippen LogP contribution in [-0.4, -0.2) is 54.4 Å². The zero-order chi connectivity index (χ0) is 12.8. The number of hydrogen-bond donors (Lipinski definition) is 2. The third kappa shape index (κ3) is 4.60. The Morgan fingerprint density at radius 2 is 2.18 bits per heavy atom. The highest BCUT2D eigenvalue weighted by molar-refractivity contribution is 5.75. The highest BCUT2D eigenvalue weighted by Crippen LogP contribution is 2.18. The second kappa shape index (κ2) is 6.44. The molecule has 1 atom stereocenters. The maximum atomic E-state index is 11.6. The van der Waals surface area contributed by atoms with Crippen molar-refractivity contribution in [2.75, 3.05) is 26.2 Å². The van der Waals surface area contributed by atoms with Crippen LogP contribution in [0.3, 0.4) is 0 Å². The van der Waals surface area contributed by atoms with E-state index in [1.807, 2.05) is 13.8 Å². The van der Waals surface area contributed by atoms with Crippen molar-refractivity contribution in [3.8, 4) is 0 Å². The summed E-state index contributed by atoms with van der Waals surface area (Å²) in [7, 11) is 0. The number of hydrogen-bond acceptors (Lipinski definition) is 3. The van der Waals surface area contributed by atoms with Gasteiger partial charge in [-0.15, -0.1) is 0 Å². The Morgan fingerprint density at radius 1 is 1.53 bits per heavy atom. The summed E-state index contributed by atoms with van der Waals surface area (Å²) in [5, 5.41) is 11.3. The first kappa shape index (κ1) is 13.8. The first-order valence-corrected chi connectivity index (χ1v) is 5.89. The lowest BCUT2D eigenvalue weighted by molar-refractivity contribution is -0.139. The molecule has 0 spiro atoms. The predicted molar refractivity (Wildman–Crippen MR) is 61.8 cm³/mol. The molecule has 6 heteroatoms. The van der Waals surface area contributed by atoms with Crippen LogP contribution in [0.25, 0.3) is 0 Å². The van der Waals surface area contributed by atoms with Crippen molar-refractivity contribution >= 4 is 12.0 Å². The van der Waals surface area contributed by atoms with E-state index in [1.165, 1.54) is 0 Å². The summed E-state index contributed by atoms with van der Waals surface area (Å²) in [5.74, 6) is -0.706. The van der Waals surface area contributed by atoms with Gasteiger partial charge in [-0.1, -0.05) is 0 Å². The smallest absolute Gasteiger partial charge is 0.317 e. The minimum Gasteiger partial charge on any atom is -0.481 e. The normalized spacial score (nSPS) is 17.4. The number of likely N-dealkylation sites (tertiary alicyclic amines) is 1. The summed E-state index contributed by atoms with van der Waals surface area (Å²) in [6.45, 7) is 5.97. The molecule has 1 aliphatic heterocycles. The number of carbonyl (C=O) groups is 2. The average molecular weight is 244 g/mol. The molecule has 17 heavy (non-hydrogen) atoms. The molecular formula is C11H20N2O4. The molecule has 1 unspecified atom stereocenters. The lowest BCUT2D eigenvalue weighted by Crippen LogP contribution is -2.55. The highest BCUT2D eigenvalue weighted by atomic mass is 16.5. The third-order valence-electron chi connectivity index (χ3n) is 2.70. The molecule has 2 amide bonds. The van der Waals surface area contributed by atoms with Crippen molar-refractivity contribution in [3.63, 3.8) is 0 Å². The molecule has 2 N–H and O–H groups in total. The fourth-order valence-electron chi connectivity index (χ4n) is 1.80. The maximum Gasteiger partial charge on any atom is 0.317 e. The van der Waals surface area contributed by atoms with Crippen LogP contribution >= 0.6 is 0 Å². The molecule has 0 radical (unpaired) electrons. The van der Waals surface area contributed by atoms with Crippen LogP contribution in [0, 0.1) is 5.92 Å². The molecule has 6 nitrogen and oxygen atoms in total. The van der Waals surface area contributed by atoms with Crippen LogP contribution in [0.2, 0.25) is 0 Å². The number of nitrogens with zero attached hydrogens (tertiary/aromatic N) is 1. The number of nitrogens with one attached hydrogen (secondary N) is 1. The number of urea groups is 1. The van der Waals surface area contributed by atoms with E-state index >= 15 is 0 Å². The van der Waals surface area contributed by atoms with Gasteiger partial charge < -0.3 is 20.1 Å². The van der Waals surface area contributed by atoms with Gasteiger partial charge in [-0.25, -0.2) is 4.79 Å². The number of aliphatic carboxylic acids is 1. The Balaban J connectivity index is 2.12. The number of carboxylic acids is 1. The minimum absolute atomic E-state index is 0.0000399. The van der Waals surface area contributed by atoms with E-state index in [4.69, 9.17) is 9.84 Å². The summed E-state index contributed by atoms with van der Waals surface area (Å²) in [6, 6.07) is -0.141. The molecular weight excluding hydrogens is 224 g/mol. The second-order valence-corrected chi connectivity index (χ2v) is 4.32. The van der Waals surface area contributed by atoms with Crippen LogP contribution < -0.4 is 5.32 Å². The van der Waals surface area contributed by atoms with E-state index in [0.717, 1.165) is 0 Å². The zero-order valence-corrected chi connectivity index (χ0v) is 10.3. The number of carboxylic acid groups (broad SMARTS) is 1. The van der Waals surface area contributed by atoms with Crippen LogP contribution in [0.5, 0.6) is 0 Å². The van der Waals surface area contributed by atoms with Crippen molar-refractivity contribution in [2.24, 2.45) is 5.92 Å². The Hall–Kier alpha value is -1.30. The topological polar surface area (TPSA) is 78.9 Å². The molecule has 98 valence electrons. The van der Waals surface area contributed by atoms with Crippen LogP contribution in [0.4, 0.5) is 4.79 Å². The molecule has 0 saturated carbocycles. The van der Waals surface area contributed by atoms with Crippen LogP contribution in [0.1, 0.15) is 20.3 Å².